The van der Waals surface area contributed by atoms with E-state index in [-0.39, 0.29) is 37.3 Å². The first-order chi connectivity index (χ1) is 12.2. The Morgan fingerprint density at radius 1 is 1.27 bits per heavy atom. The third-order valence-electron chi connectivity index (χ3n) is 3.81. The van der Waals surface area contributed by atoms with E-state index in [0.717, 1.165) is 4.90 Å². The van der Waals surface area contributed by atoms with Crippen LogP contribution in [0.3, 0.4) is 0 Å². The summed E-state index contributed by atoms with van der Waals surface area (Å²) in [5.74, 6) is -3.66. The summed E-state index contributed by atoms with van der Waals surface area (Å²) in [7, 11) is 0. The Morgan fingerprint density at radius 3 is 2.54 bits per heavy atom. The van der Waals surface area contributed by atoms with E-state index in [9.17, 15) is 29.1 Å². The third kappa shape index (κ3) is 4.34. The summed E-state index contributed by atoms with van der Waals surface area (Å²) in [6.45, 7) is 0.983. The van der Waals surface area contributed by atoms with Crippen LogP contribution < -0.4 is 5.32 Å². The molecule has 2 heterocycles. The number of ether oxygens (including phenoxy) is 1. The van der Waals surface area contributed by atoms with Gasteiger partial charge in [-0.25, -0.2) is 4.79 Å². The number of aliphatic carboxylic acids is 2. The molecule has 0 spiro atoms. The van der Waals surface area contributed by atoms with E-state index in [1.807, 2.05) is 0 Å². The molecule has 2 amide bonds. The normalized spacial score (nSPS) is 21.6. The van der Waals surface area contributed by atoms with Crippen LogP contribution in [-0.2, 0) is 28.7 Å². The number of amides is 2. The van der Waals surface area contributed by atoms with Gasteiger partial charge >= 0.3 is 17.9 Å². The highest BCUT2D eigenvalue weighted by Gasteiger charge is 2.54. The Bertz CT molecular complexity index is 689. The van der Waals surface area contributed by atoms with Crippen LogP contribution >= 0.6 is 11.8 Å². The number of hydrogen-bond donors (Lipinski definition) is 3. The van der Waals surface area contributed by atoms with Gasteiger partial charge in [0.25, 0.3) is 5.91 Å². The number of hydrogen-bond acceptors (Lipinski definition) is 7. The Hall–Kier alpha value is -2.56. The number of carbonyl (C=O) groups excluding carboxylic acids is 3. The Morgan fingerprint density at radius 2 is 1.96 bits per heavy atom. The zero-order valence-electron chi connectivity index (χ0n) is 13.9. The molecule has 2 atom stereocenters. The minimum Gasteiger partial charge on any atom is -0.481 e. The summed E-state index contributed by atoms with van der Waals surface area (Å²) in [5.41, 5.74) is 0.0879. The number of β-lactam (4-membered cyclic amide) rings is 1. The molecule has 0 aliphatic carbocycles. The van der Waals surface area contributed by atoms with Gasteiger partial charge < -0.3 is 20.3 Å². The summed E-state index contributed by atoms with van der Waals surface area (Å²) in [6, 6.07) is -0.859. The van der Waals surface area contributed by atoms with E-state index in [4.69, 9.17) is 9.84 Å². The standard InChI is InChI=1S/C15H18N2O8S/c1-7(18)25-5-8-6-26-14-11(13(22)17(14)12(8)15(23)24)16-9(19)3-2-4-10(20)21/h11,14H,2-6H2,1H3,(H,16,19)(H,20,21)(H,23,24)/t11-,14+/m0/s1. The van der Waals surface area contributed by atoms with Crippen molar-refractivity contribution in [2.45, 2.75) is 37.6 Å². The highest BCUT2D eigenvalue weighted by atomic mass is 32.2. The maximum Gasteiger partial charge on any atom is 0.352 e. The molecule has 1 saturated heterocycles. The van der Waals surface area contributed by atoms with E-state index >= 15 is 0 Å². The van der Waals surface area contributed by atoms with E-state index in [1.165, 1.54) is 18.7 Å². The molecule has 2 rings (SSSR count). The Balaban J connectivity index is 2.02. The summed E-state index contributed by atoms with van der Waals surface area (Å²) in [5, 5.41) is 19.9. The van der Waals surface area contributed by atoms with Gasteiger partial charge in [0.15, 0.2) is 0 Å². The van der Waals surface area contributed by atoms with Crippen LogP contribution in [0.1, 0.15) is 26.2 Å². The van der Waals surface area contributed by atoms with Gasteiger partial charge in [-0.3, -0.25) is 24.1 Å². The summed E-state index contributed by atoms with van der Waals surface area (Å²) in [6.07, 6.45) is -0.0368. The SMILES string of the molecule is CC(=O)OCC1=C(C(=O)O)N2C(=O)[C@H](NC(=O)CCCC(=O)O)[C@H]2SC1. The lowest BCUT2D eigenvalue weighted by Crippen LogP contribution is -2.70. The largest absolute Gasteiger partial charge is 0.481 e. The van der Waals surface area contributed by atoms with Crippen molar-refractivity contribution < 1.29 is 38.9 Å². The highest BCUT2D eigenvalue weighted by molar-refractivity contribution is 8.00. The number of carboxylic acids is 2. The van der Waals surface area contributed by atoms with Crippen LogP contribution in [-0.4, -0.2) is 68.6 Å². The van der Waals surface area contributed by atoms with Crippen LogP contribution in [0.2, 0.25) is 0 Å². The van der Waals surface area contributed by atoms with Crippen LogP contribution in [0.15, 0.2) is 11.3 Å². The number of esters is 1. The van der Waals surface area contributed by atoms with Crippen molar-refractivity contribution in [3.8, 4) is 0 Å². The van der Waals surface area contributed by atoms with Crippen LogP contribution in [0.25, 0.3) is 0 Å². The molecule has 0 aromatic rings. The van der Waals surface area contributed by atoms with E-state index in [2.05, 4.69) is 5.32 Å². The second-order valence-corrected chi connectivity index (χ2v) is 6.84. The zero-order chi connectivity index (χ0) is 19.4. The number of carbonyl (C=O) groups is 5. The fraction of sp³-hybridized carbons (Fsp3) is 0.533. The lowest BCUT2D eigenvalue weighted by Gasteiger charge is -2.49. The molecule has 142 valence electrons. The van der Waals surface area contributed by atoms with E-state index in [0.29, 0.717) is 5.57 Å². The van der Waals surface area contributed by atoms with Gasteiger partial charge in [0.05, 0.1) is 0 Å². The molecular formula is C15H18N2O8S. The number of nitrogens with one attached hydrogen (secondary N) is 1. The van der Waals surface area contributed by atoms with Gasteiger partial charge in [-0.1, -0.05) is 0 Å². The van der Waals surface area contributed by atoms with Crippen molar-refractivity contribution >= 4 is 41.5 Å². The predicted octanol–water partition coefficient (Wildman–Crippen LogP) is -0.457. The number of nitrogens with zero attached hydrogens (tertiary/aromatic N) is 1. The quantitative estimate of drug-likeness (QED) is 0.372. The average Bonchev–Trinajstić information content (AvgIpc) is 2.56. The highest BCUT2D eigenvalue weighted by Crippen LogP contribution is 2.40. The molecule has 2 aliphatic rings. The second kappa shape index (κ2) is 8.21. The van der Waals surface area contributed by atoms with Crippen molar-refractivity contribution in [3.05, 3.63) is 11.3 Å². The van der Waals surface area contributed by atoms with Crippen molar-refractivity contribution in [1.29, 1.82) is 0 Å². The molecule has 1 fully saturated rings. The smallest absolute Gasteiger partial charge is 0.352 e. The second-order valence-electron chi connectivity index (χ2n) is 5.74. The van der Waals surface area contributed by atoms with Crippen molar-refractivity contribution in [3.63, 3.8) is 0 Å². The van der Waals surface area contributed by atoms with Gasteiger partial charge in [0.1, 0.15) is 23.7 Å². The summed E-state index contributed by atoms with van der Waals surface area (Å²) < 4.78 is 4.83. The minimum absolute atomic E-state index is 0.0349. The number of rotatable bonds is 8. The van der Waals surface area contributed by atoms with Crippen molar-refractivity contribution in [1.82, 2.24) is 10.2 Å². The fourth-order valence-electron chi connectivity index (χ4n) is 2.63. The molecule has 10 nitrogen and oxygen atoms in total. The minimum atomic E-state index is -1.31. The van der Waals surface area contributed by atoms with Gasteiger partial charge in [0, 0.05) is 31.1 Å². The van der Waals surface area contributed by atoms with E-state index < -0.39 is 41.1 Å². The molecule has 2 aliphatic heterocycles. The average molecular weight is 386 g/mol. The first kappa shape index (κ1) is 19.8. The monoisotopic (exact) mass is 386 g/mol. The van der Waals surface area contributed by atoms with Crippen LogP contribution in [0, 0.1) is 0 Å². The van der Waals surface area contributed by atoms with Crippen molar-refractivity contribution in [2.24, 2.45) is 0 Å². The molecular weight excluding hydrogens is 368 g/mol. The maximum absolute atomic E-state index is 12.3. The third-order valence-corrected chi connectivity index (χ3v) is 5.15. The van der Waals surface area contributed by atoms with Gasteiger partial charge in [-0.2, -0.15) is 0 Å². The molecule has 0 unspecified atom stereocenters. The Labute approximate surface area is 152 Å². The lowest BCUT2D eigenvalue weighted by molar-refractivity contribution is -0.151. The van der Waals surface area contributed by atoms with Gasteiger partial charge in [-0.15, -0.1) is 11.8 Å². The number of fused-ring (bicyclic) bond motifs is 1. The number of carboxylic acid groups (broad SMARTS) is 2. The summed E-state index contributed by atoms with van der Waals surface area (Å²) in [4.78, 5) is 58.1. The number of thioether (sulfide) groups is 1. The predicted molar refractivity (Wildman–Crippen MR) is 87.8 cm³/mol. The molecule has 0 aromatic carbocycles. The van der Waals surface area contributed by atoms with Crippen LogP contribution in [0.5, 0.6) is 0 Å². The molecule has 0 saturated carbocycles. The lowest BCUT2D eigenvalue weighted by atomic mass is 10.0. The topological polar surface area (TPSA) is 150 Å². The molecule has 26 heavy (non-hydrogen) atoms. The van der Waals surface area contributed by atoms with Gasteiger partial charge in [0.2, 0.25) is 5.91 Å². The first-order valence-electron chi connectivity index (χ1n) is 7.77. The fourth-order valence-corrected chi connectivity index (χ4v) is 3.96. The molecule has 3 N–H and O–H groups in total. The van der Waals surface area contributed by atoms with E-state index in [1.54, 1.807) is 0 Å². The van der Waals surface area contributed by atoms with Gasteiger partial charge in [-0.05, 0) is 6.42 Å². The van der Waals surface area contributed by atoms with Crippen molar-refractivity contribution in [2.75, 3.05) is 12.4 Å². The first-order valence-corrected chi connectivity index (χ1v) is 8.81. The molecule has 0 bridgehead atoms. The molecule has 11 heteroatoms. The maximum atomic E-state index is 12.3. The Kier molecular flexibility index (Phi) is 6.24. The zero-order valence-corrected chi connectivity index (χ0v) is 14.7. The summed E-state index contributed by atoms with van der Waals surface area (Å²) >= 11 is 1.26. The van der Waals surface area contributed by atoms with Crippen LogP contribution in [0.4, 0.5) is 0 Å². The molecule has 0 aromatic heterocycles. The molecule has 0 radical (unpaired) electrons.